The van der Waals surface area contributed by atoms with Gasteiger partial charge in [-0.1, -0.05) is 6.07 Å². The number of rotatable bonds is 5. The molecule has 2 aliphatic rings. The van der Waals surface area contributed by atoms with Crippen molar-refractivity contribution in [3.8, 4) is 11.3 Å². The van der Waals surface area contributed by atoms with Crippen LogP contribution in [0.3, 0.4) is 0 Å². The van der Waals surface area contributed by atoms with Crippen molar-refractivity contribution in [3.63, 3.8) is 0 Å². The average molecular weight is 429 g/mol. The predicted molar refractivity (Wildman–Crippen MR) is 109 cm³/mol. The summed E-state index contributed by atoms with van der Waals surface area (Å²) in [5.74, 6) is -2.53. The molecule has 0 bridgehead atoms. The Morgan fingerprint density at radius 3 is 2.87 bits per heavy atom. The Labute approximate surface area is 176 Å². The molecule has 2 fully saturated rings. The fourth-order valence-corrected chi connectivity index (χ4v) is 4.16. The number of fused-ring (bicyclic) bond motifs is 1. The molecule has 0 radical (unpaired) electrons. The average Bonchev–Trinajstić information content (AvgIpc) is 3.12. The van der Waals surface area contributed by atoms with Crippen molar-refractivity contribution in [1.29, 1.82) is 0 Å². The van der Waals surface area contributed by atoms with Gasteiger partial charge in [0.2, 0.25) is 0 Å². The summed E-state index contributed by atoms with van der Waals surface area (Å²) in [6.45, 7) is 0.968. The molecule has 31 heavy (non-hydrogen) atoms. The van der Waals surface area contributed by atoms with Gasteiger partial charge in [0.15, 0.2) is 0 Å². The smallest absolute Gasteiger partial charge is 0.317 e. The lowest BCUT2D eigenvalue weighted by atomic mass is 9.97. The number of amides is 2. The van der Waals surface area contributed by atoms with Gasteiger partial charge in [0.25, 0.3) is 5.92 Å². The lowest BCUT2D eigenvalue weighted by Gasteiger charge is -2.25. The molecule has 3 N–H and O–H groups in total. The van der Waals surface area contributed by atoms with Crippen molar-refractivity contribution in [3.05, 3.63) is 42.4 Å². The molecule has 1 aliphatic carbocycles. The normalized spacial score (nSPS) is 24.4. The summed E-state index contributed by atoms with van der Waals surface area (Å²) in [5.41, 5.74) is 7.06. The monoisotopic (exact) mass is 429 g/mol. The molecule has 0 unspecified atom stereocenters. The molecule has 0 spiro atoms. The maximum atomic E-state index is 13.9. The molecule has 5 rings (SSSR count). The minimum Gasteiger partial charge on any atom is -0.378 e. The van der Waals surface area contributed by atoms with E-state index in [9.17, 15) is 13.6 Å². The first-order chi connectivity index (χ1) is 14.8. The number of aromatic nitrogens is 3. The number of anilines is 1. The van der Waals surface area contributed by atoms with Crippen molar-refractivity contribution in [2.24, 2.45) is 5.73 Å². The number of hydrogen-bond acceptors (Lipinski definition) is 5. The van der Waals surface area contributed by atoms with E-state index in [1.165, 1.54) is 10.8 Å². The molecule has 3 aromatic heterocycles. The molecule has 1 saturated carbocycles. The van der Waals surface area contributed by atoms with Gasteiger partial charge >= 0.3 is 6.03 Å². The highest BCUT2D eigenvalue weighted by Gasteiger charge is 2.58. The molecule has 1 saturated heterocycles. The highest BCUT2D eigenvalue weighted by Crippen LogP contribution is 2.54. The summed E-state index contributed by atoms with van der Waals surface area (Å²) < 4.78 is 40.6. The van der Waals surface area contributed by atoms with Crippen molar-refractivity contribution in [2.45, 2.75) is 30.4 Å². The standard InChI is InChI=1S/C21H21F2N5O3/c1-30-20(5-6-31-11-20)16-4-2-3-14(26-16)13-10-28(17-8-21(17,22)23)15-9-25-18(7-12(13)15)27-19(24)29/h2-4,7,9-10,17H,5-6,8,11H2,1H3,(H3,24,25,27,29)/t17-,20-/m0/s1. The summed E-state index contributed by atoms with van der Waals surface area (Å²) in [6.07, 6.45) is 3.58. The Hall–Kier alpha value is -3.11. The summed E-state index contributed by atoms with van der Waals surface area (Å²) >= 11 is 0. The molecule has 0 aromatic carbocycles. The van der Waals surface area contributed by atoms with Gasteiger partial charge in [-0.2, -0.15) is 0 Å². The highest BCUT2D eigenvalue weighted by atomic mass is 19.3. The first-order valence-corrected chi connectivity index (χ1v) is 9.89. The molecule has 1 aliphatic heterocycles. The zero-order valence-corrected chi connectivity index (χ0v) is 16.8. The van der Waals surface area contributed by atoms with Gasteiger partial charge in [-0.15, -0.1) is 0 Å². The van der Waals surface area contributed by atoms with Crippen molar-refractivity contribution in [2.75, 3.05) is 25.6 Å². The van der Waals surface area contributed by atoms with Crippen LogP contribution in [0, 0.1) is 0 Å². The van der Waals surface area contributed by atoms with Crippen LogP contribution in [0.2, 0.25) is 0 Å². The number of methoxy groups -OCH3 is 1. The molecular formula is C21H21F2N5O3. The van der Waals surface area contributed by atoms with Gasteiger partial charge in [-0.25, -0.2) is 23.5 Å². The van der Waals surface area contributed by atoms with E-state index in [4.69, 9.17) is 20.2 Å². The second kappa shape index (κ2) is 6.96. The van der Waals surface area contributed by atoms with Crippen LogP contribution >= 0.6 is 0 Å². The van der Waals surface area contributed by atoms with Crippen LogP contribution in [0.5, 0.6) is 0 Å². The highest BCUT2D eigenvalue weighted by molar-refractivity contribution is 5.98. The Kier molecular flexibility index (Phi) is 4.45. The molecular weight excluding hydrogens is 408 g/mol. The number of halogens is 2. The van der Waals surface area contributed by atoms with Crippen LogP contribution < -0.4 is 11.1 Å². The van der Waals surface area contributed by atoms with Gasteiger partial charge in [0.1, 0.15) is 17.5 Å². The molecule has 10 heteroatoms. The van der Waals surface area contributed by atoms with Gasteiger partial charge in [-0.05, 0) is 18.2 Å². The van der Waals surface area contributed by atoms with Crippen LogP contribution in [-0.2, 0) is 15.1 Å². The summed E-state index contributed by atoms with van der Waals surface area (Å²) in [6, 6.07) is 5.47. The van der Waals surface area contributed by atoms with Gasteiger partial charge in [0.05, 0.1) is 29.7 Å². The number of hydrogen-bond donors (Lipinski definition) is 2. The quantitative estimate of drug-likeness (QED) is 0.647. The number of alkyl halides is 2. The summed E-state index contributed by atoms with van der Waals surface area (Å²) in [4.78, 5) is 20.2. The van der Waals surface area contributed by atoms with Crippen molar-refractivity contribution >= 4 is 22.8 Å². The first kappa shape index (κ1) is 19.8. The van der Waals surface area contributed by atoms with Crippen LogP contribution in [0.15, 0.2) is 36.7 Å². The van der Waals surface area contributed by atoms with E-state index in [-0.39, 0.29) is 12.2 Å². The minimum atomic E-state index is -2.76. The van der Waals surface area contributed by atoms with E-state index in [1.54, 1.807) is 19.4 Å². The topological polar surface area (TPSA) is 104 Å². The number of nitrogens with two attached hydrogens (primary N) is 1. The zero-order valence-electron chi connectivity index (χ0n) is 16.8. The third-order valence-electron chi connectivity index (χ3n) is 5.97. The van der Waals surface area contributed by atoms with E-state index >= 15 is 0 Å². The lowest BCUT2D eigenvalue weighted by molar-refractivity contribution is -0.0245. The third-order valence-corrected chi connectivity index (χ3v) is 5.97. The maximum Gasteiger partial charge on any atom is 0.317 e. The number of carbonyl (C=O) groups is 1. The molecule has 8 nitrogen and oxygen atoms in total. The van der Waals surface area contributed by atoms with Crippen LogP contribution in [-0.4, -0.2) is 46.8 Å². The van der Waals surface area contributed by atoms with Gasteiger partial charge in [-0.3, -0.25) is 5.32 Å². The van der Waals surface area contributed by atoms with Crippen molar-refractivity contribution in [1.82, 2.24) is 14.5 Å². The van der Waals surface area contributed by atoms with Crippen LogP contribution in [0.4, 0.5) is 19.4 Å². The van der Waals surface area contributed by atoms with E-state index in [2.05, 4.69) is 10.3 Å². The van der Waals surface area contributed by atoms with E-state index < -0.39 is 23.6 Å². The summed E-state index contributed by atoms with van der Waals surface area (Å²) in [7, 11) is 1.62. The van der Waals surface area contributed by atoms with Gasteiger partial charge in [0, 0.05) is 43.7 Å². The summed E-state index contributed by atoms with van der Waals surface area (Å²) in [5, 5.41) is 3.07. The minimum absolute atomic E-state index is 0.227. The number of ether oxygens (including phenoxy) is 2. The fraction of sp³-hybridized carbons (Fsp3) is 0.381. The number of urea groups is 1. The Morgan fingerprint density at radius 1 is 1.42 bits per heavy atom. The second-order valence-corrected chi connectivity index (χ2v) is 7.92. The largest absolute Gasteiger partial charge is 0.378 e. The van der Waals surface area contributed by atoms with Crippen LogP contribution in [0.25, 0.3) is 22.2 Å². The van der Waals surface area contributed by atoms with E-state index in [0.29, 0.717) is 47.5 Å². The number of nitrogens with zero attached hydrogens (tertiary/aromatic N) is 3. The van der Waals surface area contributed by atoms with Crippen LogP contribution in [0.1, 0.15) is 24.6 Å². The van der Waals surface area contributed by atoms with E-state index in [1.807, 2.05) is 18.2 Å². The van der Waals surface area contributed by atoms with Gasteiger partial charge < -0.3 is 19.8 Å². The second-order valence-electron chi connectivity index (χ2n) is 7.92. The molecule has 2 atom stereocenters. The SMILES string of the molecule is CO[C@@]1(c2cccc(-c3cn([C@H]4CC4(F)F)c4cnc(NC(N)=O)cc34)n2)CCOC1. The lowest BCUT2D eigenvalue weighted by Crippen LogP contribution is -2.30. The Morgan fingerprint density at radius 2 is 2.23 bits per heavy atom. The molecule has 3 aromatic rings. The van der Waals surface area contributed by atoms with Crippen molar-refractivity contribution < 1.29 is 23.0 Å². The number of primary amides is 1. The Bertz CT molecular complexity index is 1170. The number of pyridine rings is 2. The first-order valence-electron chi connectivity index (χ1n) is 9.89. The molecule has 4 heterocycles. The maximum absolute atomic E-state index is 13.9. The Balaban J connectivity index is 1.65. The fourth-order valence-electron chi connectivity index (χ4n) is 4.16. The molecule has 162 valence electrons. The molecule has 2 amide bonds. The zero-order chi connectivity index (χ0) is 21.8. The predicted octanol–water partition coefficient (Wildman–Crippen LogP) is 3.43. The number of carbonyl (C=O) groups excluding carboxylic acids is 1. The van der Waals surface area contributed by atoms with E-state index in [0.717, 1.165) is 0 Å². The number of nitrogens with one attached hydrogen (secondary N) is 1. The third kappa shape index (κ3) is 3.31.